The Morgan fingerprint density at radius 2 is 1.96 bits per heavy atom. The van der Waals surface area contributed by atoms with E-state index in [-0.39, 0.29) is 10.6 Å². The molecule has 0 saturated carbocycles. The van der Waals surface area contributed by atoms with Crippen molar-refractivity contribution in [2.75, 3.05) is 12.4 Å². The molecular formula is C19H16FN3O4S. The highest BCUT2D eigenvalue weighted by molar-refractivity contribution is 7.17. The van der Waals surface area contributed by atoms with Gasteiger partial charge in [0.25, 0.3) is 5.69 Å². The van der Waals surface area contributed by atoms with E-state index in [9.17, 15) is 24.4 Å². The van der Waals surface area contributed by atoms with E-state index in [0.29, 0.717) is 27.5 Å². The summed E-state index contributed by atoms with van der Waals surface area (Å²) in [6.45, 7) is 1.77. The topological polar surface area (TPSA) is 105 Å². The van der Waals surface area contributed by atoms with Gasteiger partial charge in [-0.3, -0.25) is 10.1 Å². The lowest BCUT2D eigenvalue weighted by Gasteiger charge is -2.12. The number of carboxylic acid groups (broad SMARTS) is 1. The number of nitrogens with zero attached hydrogens (tertiary/aromatic N) is 2. The molecule has 0 spiro atoms. The van der Waals surface area contributed by atoms with Crippen molar-refractivity contribution in [3.8, 4) is 11.1 Å². The number of hydrogen-bond donors (Lipinski definition) is 2. The molecular weight excluding hydrogens is 385 g/mol. The average Bonchev–Trinajstić information content (AvgIpc) is 3.12. The van der Waals surface area contributed by atoms with Gasteiger partial charge in [-0.15, -0.1) is 0 Å². The van der Waals surface area contributed by atoms with Gasteiger partial charge in [0.2, 0.25) is 0 Å². The number of carboxylic acids is 1. The normalized spacial score (nSPS) is 11.8. The van der Waals surface area contributed by atoms with Crippen molar-refractivity contribution < 1.29 is 19.2 Å². The summed E-state index contributed by atoms with van der Waals surface area (Å²) in [6.07, 6.45) is 0. The van der Waals surface area contributed by atoms with Gasteiger partial charge in [-0.05, 0) is 29.3 Å². The minimum absolute atomic E-state index is 0.0699. The summed E-state index contributed by atoms with van der Waals surface area (Å²) in [5.74, 6) is -2.01. The number of halogens is 1. The van der Waals surface area contributed by atoms with Crippen molar-refractivity contribution in [2.45, 2.75) is 12.8 Å². The summed E-state index contributed by atoms with van der Waals surface area (Å²) < 4.78 is 14.7. The summed E-state index contributed by atoms with van der Waals surface area (Å²) in [5, 5.41) is 23.4. The van der Waals surface area contributed by atoms with Crippen molar-refractivity contribution in [2.24, 2.45) is 0 Å². The highest BCUT2D eigenvalue weighted by atomic mass is 32.1. The molecule has 0 fully saturated rings. The van der Waals surface area contributed by atoms with Gasteiger partial charge in [0.15, 0.2) is 5.13 Å². The molecule has 1 heterocycles. The third kappa shape index (κ3) is 3.70. The Hall–Kier alpha value is -3.33. The quantitative estimate of drug-likeness (QED) is 0.456. The van der Waals surface area contributed by atoms with Gasteiger partial charge in [-0.25, -0.2) is 14.2 Å². The van der Waals surface area contributed by atoms with Crippen molar-refractivity contribution in [1.29, 1.82) is 0 Å². The van der Waals surface area contributed by atoms with E-state index in [1.54, 1.807) is 26.1 Å². The lowest BCUT2D eigenvalue weighted by Crippen LogP contribution is -2.05. The first-order chi connectivity index (χ1) is 13.3. The molecule has 1 atom stereocenters. The molecule has 0 aliphatic rings. The predicted molar refractivity (Wildman–Crippen MR) is 105 cm³/mol. The molecule has 3 rings (SSSR count). The van der Waals surface area contributed by atoms with E-state index in [0.717, 1.165) is 11.3 Å². The molecule has 2 N–H and O–H groups in total. The monoisotopic (exact) mass is 401 g/mol. The van der Waals surface area contributed by atoms with Crippen molar-refractivity contribution >= 4 is 28.1 Å². The number of carbonyl (C=O) groups is 1. The maximum atomic E-state index is 14.7. The van der Waals surface area contributed by atoms with Crippen LogP contribution in [0.4, 0.5) is 15.2 Å². The molecule has 0 aliphatic heterocycles. The summed E-state index contributed by atoms with van der Waals surface area (Å²) in [6, 6.07) is 10.2. The smallest absolute Gasteiger partial charge is 0.347 e. The number of aromatic nitrogens is 1. The molecule has 3 aromatic rings. The lowest BCUT2D eigenvalue weighted by molar-refractivity contribution is -0.384. The van der Waals surface area contributed by atoms with Gasteiger partial charge in [0.05, 0.1) is 10.6 Å². The molecule has 0 radical (unpaired) electrons. The fourth-order valence-electron chi connectivity index (χ4n) is 2.84. The van der Waals surface area contributed by atoms with Crippen LogP contribution < -0.4 is 5.32 Å². The van der Waals surface area contributed by atoms with Crippen LogP contribution in [0.2, 0.25) is 0 Å². The van der Waals surface area contributed by atoms with Crippen LogP contribution >= 0.6 is 11.3 Å². The summed E-state index contributed by atoms with van der Waals surface area (Å²) >= 11 is 1.03. The molecule has 0 aliphatic carbocycles. The Morgan fingerprint density at radius 3 is 2.50 bits per heavy atom. The maximum Gasteiger partial charge on any atom is 0.347 e. The lowest BCUT2D eigenvalue weighted by atomic mass is 9.94. The molecule has 28 heavy (non-hydrogen) atoms. The predicted octanol–water partition coefficient (Wildman–Crippen LogP) is 4.75. The van der Waals surface area contributed by atoms with Gasteiger partial charge in [-0.2, -0.15) is 0 Å². The maximum absolute atomic E-state index is 14.7. The first kappa shape index (κ1) is 19.4. The Kier molecular flexibility index (Phi) is 5.36. The molecule has 0 saturated heterocycles. The van der Waals surface area contributed by atoms with E-state index in [1.165, 1.54) is 30.3 Å². The van der Waals surface area contributed by atoms with Gasteiger partial charge in [0.1, 0.15) is 10.7 Å². The Balaban J connectivity index is 1.95. The van der Waals surface area contributed by atoms with Crippen LogP contribution in [-0.4, -0.2) is 28.0 Å². The Bertz CT molecular complexity index is 1050. The average molecular weight is 401 g/mol. The Labute approximate surface area is 163 Å². The number of non-ortho nitro benzene ring substituents is 1. The summed E-state index contributed by atoms with van der Waals surface area (Å²) in [4.78, 5) is 26.1. The zero-order valence-corrected chi connectivity index (χ0v) is 15.8. The first-order valence-electron chi connectivity index (χ1n) is 8.28. The minimum atomic E-state index is -1.08. The van der Waals surface area contributed by atoms with Crippen molar-refractivity contribution in [3.63, 3.8) is 0 Å². The third-order valence-electron chi connectivity index (χ3n) is 4.35. The van der Waals surface area contributed by atoms with Crippen LogP contribution in [0.3, 0.4) is 0 Å². The number of hydrogen-bond acceptors (Lipinski definition) is 6. The van der Waals surface area contributed by atoms with Crippen LogP contribution in [0.1, 0.15) is 33.8 Å². The zero-order chi connectivity index (χ0) is 20.4. The Morgan fingerprint density at radius 1 is 1.29 bits per heavy atom. The largest absolute Gasteiger partial charge is 0.477 e. The number of benzene rings is 2. The fourth-order valence-corrected chi connectivity index (χ4v) is 3.69. The first-order valence-corrected chi connectivity index (χ1v) is 9.09. The minimum Gasteiger partial charge on any atom is -0.477 e. The fraction of sp³-hybridized carbons (Fsp3) is 0.158. The second kappa shape index (κ2) is 7.73. The second-order valence-electron chi connectivity index (χ2n) is 6.05. The van der Waals surface area contributed by atoms with Crippen LogP contribution in [-0.2, 0) is 0 Å². The molecule has 2 aromatic carbocycles. The zero-order valence-electron chi connectivity index (χ0n) is 15.0. The van der Waals surface area contributed by atoms with E-state index in [4.69, 9.17) is 0 Å². The van der Waals surface area contributed by atoms with Crippen molar-refractivity contribution in [3.05, 3.63) is 74.5 Å². The van der Waals surface area contributed by atoms with Gasteiger partial charge in [-0.1, -0.05) is 30.4 Å². The number of rotatable bonds is 6. The van der Waals surface area contributed by atoms with Crippen molar-refractivity contribution in [1.82, 2.24) is 4.98 Å². The number of nitro benzene ring substituents is 1. The number of nitrogens with one attached hydrogen (secondary N) is 1. The second-order valence-corrected chi connectivity index (χ2v) is 7.05. The molecule has 1 aromatic heterocycles. The standard InChI is InChI=1S/C19H16FN3O4S/c1-10(16-17(18(24)25)28-19(21-2)22-16)12-5-8-14(15(20)9-12)11-3-6-13(7-4-11)23(26)27/h3-10H,1-2H3,(H,21,22)(H,24,25). The summed E-state index contributed by atoms with van der Waals surface area (Å²) in [7, 11) is 1.65. The summed E-state index contributed by atoms with van der Waals surface area (Å²) in [5.41, 5.74) is 1.69. The molecule has 144 valence electrons. The van der Waals surface area contributed by atoms with Crippen LogP contribution in [0.15, 0.2) is 42.5 Å². The van der Waals surface area contributed by atoms with Gasteiger partial charge < -0.3 is 10.4 Å². The number of thiazole rings is 1. The van der Waals surface area contributed by atoms with E-state index >= 15 is 0 Å². The molecule has 9 heteroatoms. The number of nitro groups is 1. The van der Waals surface area contributed by atoms with Crippen LogP contribution in [0.25, 0.3) is 11.1 Å². The number of aromatic carboxylic acids is 1. The van der Waals surface area contributed by atoms with Gasteiger partial charge in [0, 0.05) is 30.7 Å². The van der Waals surface area contributed by atoms with E-state index < -0.39 is 22.6 Å². The molecule has 7 nitrogen and oxygen atoms in total. The highest BCUT2D eigenvalue weighted by Gasteiger charge is 2.23. The van der Waals surface area contributed by atoms with E-state index in [1.807, 2.05) is 0 Å². The van der Waals surface area contributed by atoms with Gasteiger partial charge >= 0.3 is 5.97 Å². The molecule has 0 bridgehead atoms. The number of anilines is 1. The van der Waals surface area contributed by atoms with Crippen LogP contribution in [0, 0.1) is 15.9 Å². The highest BCUT2D eigenvalue weighted by Crippen LogP contribution is 2.34. The molecule has 0 amide bonds. The van der Waals surface area contributed by atoms with E-state index in [2.05, 4.69) is 10.3 Å². The SMILES string of the molecule is CNc1nc(C(C)c2ccc(-c3ccc([N+](=O)[O-])cc3)c(F)c2)c(C(=O)O)s1. The van der Waals surface area contributed by atoms with Crippen LogP contribution in [0.5, 0.6) is 0 Å². The third-order valence-corrected chi connectivity index (χ3v) is 5.43. The molecule has 1 unspecified atom stereocenters.